The highest BCUT2D eigenvalue weighted by molar-refractivity contribution is 8.24. The maximum Gasteiger partial charge on any atom is 0.341 e. The van der Waals surface area contributed by atoms with E-state index in [9.17, 15) is 32.6 Å². The van der Waals surface area contributed by atoms with E-state index in [4.69, 9.17) is 0 Å². The van der Waals surface area contributed by atoms with Crippen LogP contribution in [0.5, 0.6) is 0 Å². The van der Waals surface area contributed by atoms with Gasteiger partial charge in [-0.15, -0.1) is 0 Å². The first kappa shape index (κ1) is 39.9. The highest BCUT2D eigenvalue weighted by atomic mass is 32.3. The summed E-state index contributed by atoms with van der Waals surface area (Å²) in [5.74, 6) is -0.817. The summed E-state index contributed by atoms with van der Waals surface area (Å²) >= 11 is 0. The molecule has 0 unspecified atom stereocenters. The molecule has 54 heavy (non-hydrogen) atoms. The maximum atomic E-state index is 15.0. The molecule has 0 bridgehead atoms. The van der Waals surface area contributed by atoms with Gasteiger partial charge in [-0.1, -0.05) is 52.8 Å². The molecule has 7 nitrogen and oxygen atoms in total. The number of carboxylic acids is 1. The minimum Gasteiger partial charge on any atom is -0.477 e. The van der Waals surface area contributed by atoms with E-state index in [1.807, 2.05) is 0 Å². The van der Waals surface area contributed by atoms with Crippen LogP contribution in [0, 0.1) is 68.3 Å². The Morgan fingerprint density at radius 3 is 2.22 bits per heavy atom. The third kappa shape index (κ3) is 6.05. The number of nitrogens with one attached hydrogen (secondary N) is 1. The van der Waals surface area contributed by atoms with Gasteiger partial charge in [0.1, 0.15) is 17.2 Å². The van der Waals surface area contributed by atoms with Crippen molar-refractivity contribution in [2.24, 2.45) is 56.7 Å². The first-order valence-electron chi connectivity index (χ1n) is 20.5. The van der Waals surface area contributed by atoms with Crippen molar-refractivity contribution in [3.8, 4) is 0 Å². The van der Waals surface area contributed by atoms with Crippen LogP contribution >= 0.6 is 10.6 Å². The Kier molecular flexibility index (Phi) is 10.1. The number of carbonyl (C=O) groups is 2. The largest absolute Gasteiger partial charge is 0.477 e. The smallest absolute Gasteiger partial charge is 0.341 e. The van der Waals surface area contributed by atoms with Crippen LogP contribution in [-0.2, 0) is 4.79 Å². The molecule has 0 radical (unpaired) electrons. The molecular formula is C44H64F2N2O5S. The van der Waals surface area contributed by atoms with Crippen molar-refractivity contribution in [1.82, 2.24) is 10.2 Å². The second-order valence-corrected chi connectivity index (χ2v) is 22.1. The zero-order valence-corrected chi connectivity index (χ0v) is 34.2. The van der Waals surface area contributed by atoms with Crippen molar-refractivity contribution < 1.29 is 32.6 Å². The number of amides is 1. The average Bonchev–Trinajstić information content (AvgIpc) is 3.48. The van der Waals surface area contributed by atoms with E-state index in [0.29, 0.717) is 54.5 Å². The van der Waals surface area contributed by atoms with Gasteiger partial charge in [-0.05, 0) is 152 Å². The molecule has 1 heterocycles. The normalized spacial score (nSPS) is 40.3. The lowest BCUT2D eigenvalue weighted by molar-refractivity contribution is -0.225. The van der Waals surface area contributed by atoms with Gasteiger partial charge in [0.05, 0.1) is 16.9 Å². The van der Waals surface area contributed by atoms with Crippen molar-refractivity contribution in [3.63, 3.8) is 0 Å². The Balaban J connectivity index is 1.13. The summed E-state index contributed by atoms with van der Waals surface area (Å²) in [7, 11) is -2.42. The van der Waals surface area contributed by atoms with Gasteiger partial charge in [0.15, 0.2) is 0 Å². The number of benzene rings is 1. The number of rotatable bonds is 8. The quantitative estimate of drug-likeness (QED) is 0.155. The molecule has 10 heteroatoms. The lowest BCUT2D eigenvalue weighted by Crippen LogP contribution is -2.66. The van der Waals surface area contributed by atoms with Crippen LogP contribution in [-0.4, -0.2) is 68.7 Å². The second-order valence-electron chi connectivity index (χ2n) is 19.7. The SMILES string of the molecule is C=C(C)[C@@H]1CC[C@]2(C(=O)NCCCN3CCS(O)(O)CC3)CC[C@]3(C)[C@H](CC[C@@H]4[C@@]5(C)CC=C(c6cc(F)c(C(=O)O)c(F)c6)C(C)(C)[C@@H]5CC[C@]43C)[C@@H]12. The van der Waals surface area contributed by atoms with E-state index in [2.05, 4.69) is 64.4 Å². The molecule has 5 aliphatic carbocycles. The third-order valence-corrected chi connectivity index (χ3v) is 18.7. The van der Waals surface area contributed by atoms with E-state index < -0.39 is 33.8 Å². The lowest BCUT2D eigenvalue weighted by atomic mass is 9.32. The molecule has 6 aliphatic rings. The van der Waals surface area contributed by atoms with Crippen LogP contribution in [0.25, 0.3) is 5.57 Å². The van der Waals surface area contributed by atoms with Gasteiger partial charge in [0.2, 0.25) is 5.91 Å². The van der Waals surface area contributed by atoms with E-state index in [0.717, 1.165) is 76.3 Å². The van der Waals surface area contributed by atoms with Crippen LogP contribution in [0.2, 0.25) is 0 Å². The first-order chi connectivity index (χ1) is 25.2. The molecule has 0 spiro atoms. The summed E-state index contributed by atoms with van der Waals surface area (Å²) in [6.07, 6.45) is 12.0. The van der Waals surface area contributed by atoms with E-state index >= 15 is 0 Å². The van der Waals surface area contributed by atoms with Crippen molar-refractivity contribution in [1.29, 1.82) is 0 Å². The van der Waals surface area contributed by atoms with Crippen molar-refractivity contribution in [2.75, 3.05) is 37.7 Å². The Bertz CT molecular complexity index is 1710. The minimum absolute atomic E-state index is 0.0209. The zero-order valence-electron chi connectivity index (χ0n) is 33.4. The molecule has 0 aromatic heterocycles. The third-order valence-electron chi connectivity index (χ3n) is 17.1. The van der Waals surface area contributed by atoms with Gasteiger partial charge in [-0.2, -0.15) is 10.6 Å². The molecule has 9 atom stereocenters. The predicted octanol–water partition coefficient (Wildman–Crippen LogP) is 9.89. The molecule has 1 aromatic carbocycles. The summed E-state index contributed by atoms with van der Waals surface area (Å²) in [5, 5.41) is 12.8. The topological polar surface area (TPSA) is 110 Å². The van der Waals surface area contributed by atoms with Crippen LogP contribution in [0.15, 0.2) is 30.4 Å². The van der Waals surface area contributed by atoms with Crippen molar-refractivity contribution in [3.05, 3.63) is 53.1 Å². The Labute approximate surface area is 323 Å². The predicted molar refractivity (Wildman–Crippen MR) is 212 cm³/mol. The Morgan fingerprint density at radius 2 is 1.59 bits per heavy atom. The Hall–Kier alpha value is -2.27. The fourth-order valence-electron chi connectivity index (χ4n) is 14.2. The van der Waals surface area contributed by atoms with Crippen molar-refractivity contribution >= 4 is 28.0 Å². The van der Waals surface area contributed by atoms with Crippen LogP contribution in [0.4, 0.5) is 8.78 Å². The van der Waals surface area contributed by atoms with Gasteiger partial charge < -0.3 is 15.3 Å². The molecular weight excluding hydrogens is 707 g/mol. The number of nitrogens with zero attached hydrogens (tertiary/aromatic N) is 1. The standard InChI is InChI=1S/C44H64F2N2O5S/c1-27(2)29-11-16-44(39(51)47-19-8-20-48-21-23-54(52,53)24-22-48)18-17-42(6)31(37(29)44)9-10-35-41(5)14-12-30(40(3,4)34(41)13-15-43(35,42)7)28-25-32(45)36(38(49)50)33(46)26-28/h12,25-26,29,31,34-35,37,52-53H,1,8-11,13-24H2,2-7H3,(H,47,51)(H,49,50)/t29-,31+,34-,35+,37+,41-,42+,43+,44-/m0/s1. The number of hydrogen-bond acceptors (Lipinski definition) is 5. The number of hydrogen-bond donors (Lipinski definition) is 4. The average molecular weight is 771 g/mol. The fraction of sp³-hybridized carbons (Fsp3) is 0.727. The van der Waals surface area contributed by atoms with Crippen molar-refractivity contribution in [2.45, 2.75) is 106 Å². The molecule has 5 fully saturated rings. The Morgan fingerprint density at radius 1 is 0.926 bits per heavy atom. The van der Waals surface area contributed by atoms with E-state index in [1.54, 1.807) is 0 Å². The highest BCUT2D eigenvalue weighted by Crippen LogP contribution is 2.77. The number of fused-ring (bicyclic) bond motifs is 7. The fourth-order valence-corrected chi connectivity index (χ4v) is 15.5. The van der Waals surface area contributed by atoms with Gasteiger partial charge in [0.25, 0.3) is 0 Å². The van der Waals surface area contributed by atoms with E-state index in [-0.39, 0.29) is 44.8 Å². The molecule has 4 N–H and O–H groups in total. The van der Waals surface area contributed by atoms with Gasteiger partial charge in [-0.3, -0.25) is 13.9 Å². The zero-order chi connectivity index (χ0) is 39.2. The molecule has 1 aromatic rings. The second kappa shape index (κ2) is 13.7. The summed E-state index contributed by atoms with van der Waals surface area (Å²) in [5.41, 5.74) is 0.975. The summed E-state index contributed by atoms with van der Waals surface area (Å²) in [6, 6.07) is 2.42. The van der Waals surface area contributed by atoms with Gasteiger partial charge in [0, 0.05) is 19.6 Å². The summed E-state index contributed by atoms with van der Waals surface area (Å²) < 4.78 is 49.9. The summed E-state index contributed by atoms with van der Waals surface area (Å²) in [6.45, 7) is 21.5. The molecule has 7 rings (SSSR count). The van der Waals surface area contributed by atoms with Gasteiger partial charge >= 0.3 is 5.97 Å². The van der Waals surface area contributed by atoms with Crippen LogP contribution in [0.3, 0.4) is 0 Å². The number of carbonyl (C=O) groups excluding carboxylic acids is 1. The molecule has 300 valence electrons. The number of allylic oxidation sites excluding steroid dienone is 3. The number of carboxylic acid groups (broad SMARTS) is 1. The maximum absolute atomic E-state index is 15.0. The first-order valence-corrected chi connectivity index (χ1v) is 22.4. The highest BCUT2D eigenvalue weighted by Gasteiger charge is 2.71. The van der Waals surface area contributed by atoms with Crippen LogP contribution < -0.4 is 5.32 Å². The van der Waals surface area contributed by atoms with Crippen LogP contribution in [0.1, 0.15) is 122 Å². The van der Waals surface area contributed by atoms with Gasteiger partial charge in [-0.25, -0.2) is 13.6 Å². The lowest BCUT2D eigenvalue weighted by Gasteiger charge is -2.72. The molecule has 1 amide bonds. The number of halogens is 2. The number of aromatic carboxylic acids is 1. The monoisotopic (exact) mass is 770 g/mol. The minimum atomic E-state index is -2.42. The molecule has 4 saturated carbocycles. The molecule has 1 saturated heterocycles. The summed E-state index contributed by atoms with van der Waals surface area (Å²) in [4.78, 5) is 28.3. The molecule has 1 aliphatic heterocycles. The van der Waals surface area contributed by atoms with E-state index in [1.165, 1.54) is 17.7 Å².